The SMILES string of the molecule is CN=C(NCc1ccc(CN2CCOCC2)cc1)NCc1ccc(S(C)(=O)=O)c(C)c1.I. The molecular formula is C23H33IN4O3S. The first-order valence-corrected chi connectivity index (χ1v) is 12.4. The van der Waals surface area contributed by atoms with Gasteiger partial charge in [-0.15, -0.1) is 24.0 Å². The summed E-state index contributed by atoms with van der Waals surface area (Å²) in [5.74, 6) is 0.697. The molecule has 1 aliphatic heterocycles. The molecule has 3 rings (SSSR count). The van der Waals surface area contributed by atoms with Crippen molar-refractivity contribution in [3.63, 3.8) is 0 Å². The Morgan fingerprint density at radius 3 is 2.12 bits per heavy atom. The van der Waals surface area contributed by atoms with E-state index in [9.17, 15) is 8.42 Å². The highest BCUT2D eigenvalue weighted by molar-refractivity contribution is 14.0. The van der Waals surface area contributed by atoms with Gasteiger partial charge in [-0.1, -0.05) is 36.4 Å². The van der Waals surface area contributed by atoms with E-state index in [0.29, 0.717) is 23.9 Å². The number of rotatable bonds is 7. The van der Waals surface area contributed by atoms with Crippen molar-refractivity contribution in [1.82, 2.24) is 15.5 Å². The second-order valence-corrected chi connectivity index (χ2v) is 9.84. The Bertz CT molecular complexity index is 1000. The zero-order valence-corrected chi connectivity index (χ0v) is 22.1. The monoisotopic (exact) mass is 572 g/mol. The first kappa shape index (κ1) is 26.6. The van der Waals surface area contributed by atoms with Gasteiger partial charge >= 0.3 is 0 Å². The van der Waals surface area contributed by atoms with Crippen molar-refractivity contribution < 1.29 is 13.2 Å². The minimum atomic E-state index is -3.20. The van der Waals surface area contributed by atoms with Gasteiger partial charge in [0.05, 0.1) is 18.1 Å². The van der Waals surface area contributed by atoms with Crippen LogP contribution in [0.1, 0.15) is 22.3 Å². The zero-order chi connectivity index (χ0) is 22.3. The average molecular weight is 573 g/mol. The zero-order valence-electron chi connectivity index (χ0n) is 18.9. The van der Waals surface area contributed by atoms with E-state index >= 15 is 0 Å². The third-order valence-electron chi connectivity index (χ3n) is 5.32. The van der Waals surface area contributed by atoms with Crippen molar-refractivity contribution >= 4 is 39.8 Å². The summed E-state index contributed by atoms with van der Waals surface area (Å²) in [5, 5.41) is 6.60. The predicted octanol–water partition coefficient (Wildman–Crippen LogP) is 2.71. The van der Waals surface area contributed by atoms with Crippen molar-refractivity contribution in [2.75, 3.05) is 39.6 Å². The third-order valence-corrected chi connectivity index (χ3v) is 6.57. The molecule has 0 atom stereocenters. The summed E-state index contributed by atoms with van der Waals surface area (Å²) in [7, 11) is -1.47. The maximum Gasteiger partial charge on any atom is 0.191 e. The molecule has 1 saturated heterocycles. The fraction of sp³-hybridized carbons (Fsp3) is 0.435. The number of morpholine rings is 1. The minimum absolute atomic E-state index is 0. The number of nitrogens with one attached hydrogen (secondary N) is 2. The number of hydrogen-bond acceptors (Lipinski definition) is 5. The van der Waals surface area contributed by atoms with Crippen LogP contribution in [-0.4, -0.2) is 58.9 Å². The van der Waals surface area contributed by atoms with Crippen LogP contribution in [0.25, 0.3) is 0 Å². The van der Waals surface area contributed by atoms with E-state index in [4.69, 9.17) is 4.74 Å². The number of ether oxygens (including phenoxy) is 1. The lowest BCUT2D eigenvalue weighted by molar-refractivity contribution is 0.0342. The van der Waals surface area contributed by atoms with Crippen LogP contribution in [0.5, 0.6) is 0 Å². The lowest BCUT2D eigenvalue weighted by atomic mass is 10.1. The fourth-order valence-electron chi connectivity index (χ4n) is 3.61. The number of aryl methyl sites for hydroxylation is 1. The molecule has 0 aromatic heterocycles. The van der Waals surface area contributed by atoms with E-state index in [1.165, 1.54) is 17.4 Å². The number of nitrogens with zero attached hydrogens (tertiary/aromatic N) is 2. The maximum absolute atomic E-state index is 11.8. The molecule has 1 heterocycles. The van der Waals surface area contributed by atoms with Gasteiger partial charge in [0.1, 0.15) is 0 Å². The molecule has 0 saturated carbocycles. The van der Waals surface area contributed by atoms with Gasteiger partial charge < -0.3 is 15.4 Å². The summed E-state index contributed by atoms with van der Waals surface area (Å²) in [5.41, 5.74) is 4.24. The van der Waals surface area contributed by atoms with Crippen LogP contribution < -0.4 is 10.6 Å². The third kappa shape index (κ3) is 8.02. The van der Waals surface area contributed by atoms with E-state index in [2.05, 4.69) is 44.8 Å². The van der Waals surface area contributed by atoms with Crippen molar-refractivity contribution in [2.24, 2.45) is 4.99 Å². The van der Waals surface area contributed by atoms with Gasteiger partial charge in [0, 0.05) is 46.0 Å². The lowest BCUT2D eigenvalue weighted by Crippen LogP contribution is -2.36. The number of sulfone groups is 1. The number of aliphatic imine (C=N–C) groups is 1. The average Bonchev–Trinajstić information content (AvgIpc) is 2.75. The second-order valence-electron chi connectivity index (χ2n) is 7.86. The van der Waals surface area contributed by atoms with Crippen molar-refractivity contribution in [3.8, 4) is 0 Å². The van der Waals surface area contributed by atoms with Crippen LogP contribution in [0.15, 0.2) is 52.4 Å². The van der Waals surface area contributed by atoms with Crippen LogP contribution in [0.3, 0.4) is 0 Å². The van der Waals surface area contributed by atoms with Crippen molar-refractivity contribution in [2.45, 2.75) is 31.5 Å². The van der Waals surface area contributed by atoms with Crippen LogP contribution in [0.2, 0.25) is 0 Å². The molecule has 9 heteroatoms. The van der Waals surface area contributed by atoms with E-state index in [1.807, 2.05) is 19.1 Å². The highest BCUT2D eigenvalue weighted by atomic mass is 127. The van der Waals surface area contributed by atoms with Crippen LogP contribution >= 0.6 is 24.0 Å². The molecule has 1 fully saturated rings. The number of benzene rings is 2. The Kier molecular flexibility index (Phi) is 10.4. The van der Waals surface area contributed by atoms with Gasteiger partial charge in [0.25, 0.3) is 0 Å². The summed E-state index contributed by atoms with van der Waals surface area (Å²) in [6, 6.07) is 14.0. The smallest absolute Gasteiger partial charge is 0.191 e. The summed E-state index contributed by atoms with van der Waals surface area (Å²) < 4.78 is 28.9. The molecule has 2 aromatic rings. The Labute approximate surface area is 208 Å². The van der Waals surface area contributed by atoms with Crippen molar-refractivity contribution in [3.05, 3.63) is 64.7 Å². The Hall–Kier alpha value is -1.69. The first-order valence-electron chi connectivity index (χ1n) is 10.5. The summed E-state index contributed by atoms with van der Waals surface area (Å²) in [6.07, 6.45) is 1.23. The quantitative estimate of drug-likeness (QED) is 0.302. The van der Waals surface area contributed by atoms with E-state index < -0.39 is 9.84 Å². The van der Waals surface area contributed by atoms with Crippen LogP contribution in [0, 0.1) is 6.92 Å². The largest absolute Gasteiger partial charge is 0.379 e. The first-order chi connectivity index (χ1) is 14.8. The molecule has 0 spiro atoms. The maximum atomic E-state index is 11.8. The van der Waals surface area contributed by atoms with Gasteiger partial charge in [0.15, 0.2) is 15.8 Å². The van der Waals surface area contributed by atoms with E-state index in [-0.39, 0.29) is 24.0 Å². The number of guanidine groups is 1. The van der Waals surface area contributed by atoms with Gasteiger partial charge in [-0.05, 0) is 35.2 Å². The van der Waals surface area contributed by atoms with E-state index in [1.54, 1.807) is 13.1 Å². The molecule has 32 heavy (non-hydrogen) atoms. The molecule has 0 unspecified atom stereocenters. The molecule has 2 N–H and O–H groups in total. The van der Waals surface area contributed by atoms with Crippen LogP contribution in [0.4, 0.5) is 0 Å². The molecular weight excluding hydrogens is 539 g/mol. The summed E-state index contributed by atoms with van der Waals surface area (Å²) in [6.45, 7) is 7.61. The standard InChI is InChI=1S/C23H32N4O3S.HI/c1-18-14-21(8-9-22(18)31(3,28)29)16-26-23(24-2)25-15-19-4-6-20(7-5-19)17-27-10-12-30-13-11-27;/h4-9,14H,10-13,15-17H2,1-3H3,(H2,24,25,26);1H. The molecule has 0 amide bonds. The number of hydrogen-bond donors (Lipinski definition) is 2. The normalized spacial score (nSPS) is 15.2. The Balaban J connectivity index is 0.00000363. The highest BCUT2D eigenvalue weighted by Crippen LogP contribution is 2.16. The van der Waals surface area contributed by atoms with Gasteiger partial charge in [-0.25, -0.2) is 8.42 Å². The highest BCUT2D eigenvalue weighted by Gasteiger charge is 2.12. The molecule has 1 aliphatic rings. The molecule has 7 nitrogen and oxygen atoms in total. The molecule has 0 radical (unpaired) electrons. The van der Waals surface area contributed by atoms with Gasteiger partial charge in [-0.3, -0.25) is 9.89 Å². The summed E-state index contributed by atoms with van der Waals surface area (Å²) in [4.78, 5) is 7.05. The minimum Gasteiger partial charge on any atom is -0.379 e. The number of halogens is 1. The van der Waals surface area contributed by atoms with Gasteiger partial charge in [0.2, 0.25) is 0 Å². The topological polar surface area (TPSA) is 83.0 Å². The lowest BCUT2D eigenvalue weighted by Gasteiger charge is -2.26. The molecule has 2 aromatic carbocycles. The van der Waals surface area contributed by atoms with Crippen LogP contribution in [-0.2, 0) is 34.2 Å². The molecule has 176 valence electrons. The summed E-state index contributed by atoms with van der Waals surface area (Å²) >= 11 is 0. The predicted molar refractivity (Wildman–Crippen MR) is 139 cm³/mol. The fourth-order valence-corrected chi connectivity index (χ4v) is 4.57. The van der Waals surface area contributed by atoms with Crippen molar-refractivity contribution in [1.29, 1.82) is 0 Å². The van der Waals surface area contributed by atoms with Gasteiger partial charge in [-0.2, -0.15) is 0 Å². The molecule has 0 bridgehead atoms. The Morgan fingerprint density at radius 1 is 1.00 bits per heavy atom. The second kappa shape index (κ2) is 12.5. The van der Waals surface area contributed by atoms with E-state index in [0.717, 1.165) is 44.0 Å². The molecule has 0 aliphatic carbocycles. The Morgan fingerprint density at radius 2 is 1.56 bits per heavy atom.